The standard InChI is InChI=1S/C23H36Si/c1-20(2)24(21(3)4,22(5)6)19-15-10-8-7-9-12-16-23-17-13-11-14-18-23/h9,11-14,17-18,20-22H,7-8,10,16H2,1-6H3/b12-9+. The van der Waals surface area contributed by atoms with Crippen LogP contribution >= 0.6 is 0 Å². The van der Waals surface area contributed by atoms with Gasteiger partial charge < -0.3 is 0 Å². The monoisotopic (exact) mass is 340 g/mol. The first-order chi connectivity index (χ1) is 11.4. The van der Waals surface area contributed by atoms with Gasteiger partial charge in [0.2, 0.25) is 0 Å². The first-order valence-corrected chi connectivity index (χ1v) is 11.8. The van der Waals surface area contributed by atoms with E-state index in [1.54, 1.807) is 0 Å². The van der Waals surface area contributed by atoms with E-state index in [4.69, 9.17) is 0 Å². The third kappa shape index (κ3) is 5.99. The average Bonchev–Trinajstić information content (AvgIpc) is 2.53. The molecule has 0 aliphatic heterocycles. The lowest BCUT2D eigenvalue weighted by molar-refractivity contribution is 0.836. The molecule has 132 valence electrons. The molecule has 0 aliphatic rings. The predicted molar refractivity (Wildman–Crippen MR) is 112 cm³/mol. The summed E-state index contributed by atoms with van der Waals surface area (Å²) in [4.78, 5) is 0. The third-order valence-corrected chi connectivity index (χ3v) is 11.5. The number of benzene rings is 1. The Kier molecular flexibility index (Phi) is 9.15. The summed E-state index contributed by atoms with van der Waals surface area (Å²) in [5.74, 6) is 3.56. The molecule has 0 atom stereocenters. The summed E-state index contributed by atoms with van der Waals surface area (Å²) in [6.07, 6.45) is 9.00. The van der Waals surface area contributed by atoms with Crippen LogP contribution in [-0.2, 0) is 6.42 Å². The number of hydrogen-bond acceptors (Lipinski definition) is 0. The molecule has 1 heteroatoms. The number of hydrogen-bond donors (Lipinski definition) is 0. The molecule has 1 aromatic carbocycles. The molecule has 0 fully saturated rings. The van der Waals surface area contributed by atoms with Crippen LogP contribution in [0.15, 0.2) is 42.5 Å². The Hall–Kier alpha value is -1.26. The van der Waals surface area contributed by atoms with E-state index in [0.717, 1.165) is 35.9 Å². The van der Waals surface area contributed by atoms with Crippen molar-refractivity contribution in [3.8, 4) is 11.5 Å². The molecule has 0 radical (unpaired) electrons. The fraction of sp³-hybridized carbons (Fsp3) is 0.565. The Morgan fingerprint density at radius 1 is 0.875 bits per heavy atom. The van der Waals surface area contributed by atoms with Gasteiger partial charge in [-0.1, -0.05) is 84.0 Å². The van der Waals surface area contributed by atoms with E-state index < -0.39 is 8.07 Å². The van der Waals surface area contributed by atoms with E-state index in [9.17, 15) is 0 Å². The minimum atomic E-state index is -1.53. The molecule has 0 saturated heterocycles. The van der Waals surface area contributed by atoms with Gasteiger partial charge in [0.15, 0.2) is 0 Å². The molecule has 0 saturated carbocycles. The predicted octanol–water partition coefficient (Wildman–Crippen LogP) is 7.18. The lowest BCUT2D eigenvalue weighted by atomic mass is 10.1. The van der Waals surface area contributed by atoms with Crippen molar-refractivity contribution in [3.63, 3.8) is 0 Å². The fourth-order valence-corrected chi connectivity index (χ4v) is 9.21. The first kappa shape index (κ1) is 20.8. The smallest absolute Gasteiger partial charge is 0.130 e. The van der Waals surface area contributed by atoms with Crippen LogP contribution in [0.4, 0.5) is 0 Å². The van der Waals surface area contributed by atoms with Gasteiger partial charge in [-0.05, 0) is 41.4 Å². The molecule has 24 heavy (non-hydrogen) atoms. The highest BCUT2D eigenvalue weighted by Gasteiger charge is 2.41. The summed E-state index contributed by atoms with van der Waals surface area (Å²) in [5, 5.41) is 0. The van der Waals surface area contributed by atoms with Crippen molar-refractivity contribution in [2.75, 3.05) is 0 Å². The Morgan fingerprint density at radius 2 is 1.46 bits per heavy atom. The van der Waals surface area contributed by atoms with E-state index in [2.05, 4.69) is 95.5 Å². The summed E-state index contributed by atoms with van der Waals surface area (Å²) >= 11 is 0. The second-order valence-electron chi connectivity index (χ2n) is 7.75. The van der Waals surface area contributed by atoms with Crippen molar-refractivity contribution in [2.24, 2.45) is 0 Å². The molecule has 0 unspecified atom stereocenters. The third-order valence-electron chi connectivity index (χ3n) is 5.21. The summed E-state index contributed by atoms with van der Waals surface area (Å²) < 4.78 is 0. The van der Waals surface area contributed by atoms with E-state index in [1.165, 1.54) is 12.0 Å². The molecule has 0 nitrogen and oxygen atoms in total. The summed E-state index contributed by atoms with van der Waals surface area (Å²) in [7, 11) is -1.53. The quantitative estimate of drug-likeness (QED) is 0.203. The maximum atomic E-state index is 3.81. The van der Waals surface area contributed by atoms with Crippen molar-refractivity contribution >= 4 is 8.07 Å². The van der Waals surface area contributed by atoms with Crippen molar-refractivity contribution in [2.45, 2.75) is 83.8 Å². The summed E-state index contributed by atoms with van der Waals surface area (Å²) in [6, 6.07) is 10.6. The van der Waals surface area contributed by atoms with Gasteiger partial charge in [-0.15, -0.1) is 11.5 Å². The topological polar surface area (TPSA) is 0 Å². The second-order valence-corrected chi connectivity index (χ2v) is 13.3. The zero-order chi connectivity index (χ0) is 18.0. The maximum Gasteiger partial charge on any atom is 0.145 e. The molecule has 0 N–H and O–H groups in total. The Labute approximate surface area is 151 Å². The summed E-state index contributed by atoms with van der Waals surface area (Å²) in [5.41, 5.74) is 7.39. The molecule has 0 spiro atoms. The van der Waals surface area contributed by atoms with Crippen molar-refractivity contribution < 1.29 is 0 Å². The van der Waals surface area contributed by atoms with E-state index in [1.807, 2.05) is 0 Å². The van der Waals surface area contributed by atoms with Gasteiger partial charge in [-0.2, -0.15) is 0 Å². The van der Waals surface area contributed by atoms with Crippen molar-refractivity contribution in [1.29, 1.82) is 0 Å². The minimum Gasteiger partial charge on any atom is -0.130 e. The average molecular weight is 341 g/mol. The van der Waals surface area contributed by atoms with E-state index in [0.29, 0.717) is 0 Å². The molecular weight excluding hydrogens is 304 g/mol. The largest absolute Gasteiger partial charge is 0.145 e. The van der Waals surface area contributed by atoms with Crippen molar-refractivity contribution in [1.82, 2.24) is 0 Å². The van der Waals surface area contributed by atoms with Gasteiger partial charge in [-0.25, -0.2) is 0 Å². The van der Waals surface area contributed by atoms with Crippen LogP contribution in [0.2, 0.25) is 16.6 Å². The van der Waals surface area contributed by atoms with Crippen molar-refractivity contribution in [3.05, 3.63) is 48.0 Å². The van der Waals surface area contributed by atoms with Gasteiger partial charge in [-0.3, -0.25) is 0 Å². The molecule has 0 bridgehead atoms. The molecule has 0 aromatic heterocycles. The minimum absolute atomic E-state index is 0.732. The Morgan fingerprint density at radius 3 is 2.00 bits per heavy atom. The van der Waals surface area contributed by atoms with Gasteiger partial charge in [0.25, 0.3) is 0 Å². The van der Waals surface area contributed by atoms with Gasteiger partial charge in [0, 0.05) is 6.42 Å². The van der Waals surface area contributed by atoms with Crippen LogP contribution in [0.1, 0.15) is 66.4 Å². The lowest BCUT2D eigenvalue weighted by Crippen LogP contribution is -2.43. The normalized spacial score (nSPS) is 12.2. The molecular formula is C23H36Si. The van der Waals surface area contributed by atoms with Crippen LogP contribution < -0.4 is 0 Å². The van der Waals surface area contributed by atoms with E-state index in [-0.39, 0.29) is 0 Å². The zero-order valence-electron chi connectivity index (χ0n) is 16.6. The van der Waals surface area contributed by atoms with Gasteiger partial charge in [0.1, 0.15) is 8.07 Å². The lowest BCUT2D eigenvalue weighted by Gasteiger charge is -2.38. The van der Waals surface area contributed by atoms with Crippen LogP contribution in [0, 0.1) is 11.5 Å². The van der Waals surface area contributed by atoms with Gasteiger partial charge >= 0.3 is 0 Å². The zero-order valence-corrected chi connectivity index (χ0v) is 17.6. The van der Waals surface area contributed by atoms with Crippen LogP contribution in [-0.4, -0.2) is 8.07 Å². The van der Waals surface area contributed by atoms with Crippen LogP contribution in [0.3, 0.4) is 0 Å². The molecule has 1 rings (SSSR count). The number of rotatable bonds is 8. The highest BCUT2D eigenvalue weighted by molar-refractivity contribution is 6.90. The summed E-state index contributed by atoms with van der Waals surface area (Å²) in [6.45, 7) is 14.3. The highest BCUT2D eigenvalue weighted by Crippen LogP contribution is 2.40. The number of unbranched alkanes of at least 4 members (excludes halogenated alkanes) is 2. The SMILES string of the molecule is CC(C)[Si](C#CCCC/C=C/Cc1ccccc1)(C(C)C)C(C)C. The Balaban J connectivity index is 2.45. The van der Waals surface area contributed by atoms with Crippen LogP contribution in [0.25, 0.3) is 0 Å². The molecule has 0 heterocycles. The molecule has 0 amide bonds. The molecule has 0 aliphatic carbocycles. The second kappa shape index (κ2) is 10.6. The Bertz CT molecular complexity index is 519. The highest BCUT2D eigenvalue weighted by atomic mass is 28.3. The maximum absolute atomic E-state index is 3.81. The van der Waals surface area contributed by atoms with E-state index >= 15 is 0 Å². The molecule has 1 aromatic rings. The van der Waals surface area contributed by atoms with Crippen LogP contribution in [0.5, 0.6) is 0 Å². The first-order valence-electron chi connectivity index (χ1n) is 9.60. The number of allylic oxidation sites excluding steroid dienone is 2. The van der Waals surface area contributed by atoms with Gasteiger partial charge in [0.05, 0.1) is 0 Å². The fourth-order valence-electron chi connectivity index (χ4n) is 3.91.